The summed E-state index contributed by atoms with van der Waals surface area (Å²) in [5.41, 5.74) is 5.40. The average molecular weight is 1220 g/mol. The lowest BCUT2D eigenvalue weighted by atomic mass is 10.0. The molecule has 500 valence electrons. The van der Waals surface area contributed by atoms with Crippen LogP contribution in [0.3, 0.4) is 0 Å². The Labute approximate surface area is 527 Å². The van der Waals surface area contributed by atoms with Crippen LogP contribution in [-0.4, -0.2) is 49.3 Å². The zero-order chi connectivity index (χ0) is 61.6. The molecule has 9 nitrogen and oxygen atoms in total. The molecule has 0 rings (SSSR count). The van der Waals surface area contributed by atoms with Crippen molar-refractivity contribution >= 4 is 19.8 Å². The second-order valence-corrected chi connectivity index (χ2v) is 26.6. The van der Waals surface area contributed by atoms with Crippen LogP contribution in [0.25, 0.3) is 0 Å². The highest BCUT2D eigenvalue weighted by atomic mass is 31.2. The maximum Gasteiger partial charge on any atom is 0.472 e. The number of esters is 2. The van der Waals surface area contributed by atoms with Crippen molar-refractivity contribution in [1.82, 2.24) is 0 Å². The Hall–Kier alpha value is -2.03. The van der Waals surface area contributed by atoms with Gasteiger partial charge in [-0.3, -0.25) is 18.6 Å². The summed E-state index contributed by atoms with van der Waals surface area (Å²) in [4.78, 5) is 35.4. The topological polar surface area (TPSA) is 134 Å². The Morgan fingerprint density at radius 2 is 0.647 bits per heavy atom. The van der Waals surface area contributed by atoms with Crippen LogP contribution in [-0.2, 0) is 32.7 Å². The number of rotatable bonds is 71. The van der Waals surface area contributed by atoms with E-state index in [4.69, 9.17) is 24.3 Å². The summed E-state index contributed by atoms with van der Waals surface area (Å²) in [6, 6.07) is 0. The van der Waals surface area contributed by atoms with Crippen molar-refractivity contribution in [3.05, 3.63) is 48.6 Å². The van der Waals surface area contributed by atoms with Gasteiger partial charge >= 0.3 is 19.8 Å². The third-order valence-corrected chi connectivity index (χ3v) is 17.7. The Morgan fingerprint density at radius 1 is 0.365 bits per heavy atom. The number of carbonyl (C=O) groups is 2. The van der Waals surface area contributed by atoms with E-state index in [9.17, 15) is 19.0 Å². The number of allylic oxidation sites excluding steroid dienone is 8. The van der Waals surface area contributed by atoms with Gasteiger partial charge in [0.25, 0.3) is 0 Å². The SMILES string of the molecule is CC/C=C\C/C=C\C/C=C\C/C=C\CCCCCCCCCCCCCCC(=O)OC(COC(=O)CCCCCCCCCCCCCCCCCCCCCCCCCCCCCCCCCCCCCCCCC)COP(=O)(O)OCCN. The maximum atomic E-state index is 12.8. The van der Waals surface area contributed by atoms with Crippen LogP contribution in [0.15, 0.2) is 48.6 Å². The van der Waals surface area contributed by atoms with Crippen LogP contribution < -0.4 is 5.73 Å². The molecule has 0 aromatic heterocycles. The molecule has 0 fully saturated rings. The molecule has 0 amide bonds. The van der Waals surface area contributed by atoms with E-state index >= 15 is 0 Å². The molecule has 0 aliphatic heterocycles. The van der Waals surface area contributed by atoms with Gasteiger partial charge in [-0.1, -0.05) is 371 Å². The van der Waals surface area contributed by atoms with Gasteiger partial charge in [0.15, 0.2) is 6.10 Å². The number of phosphoric ester groups is 1. The van der Waals surface area contributed by atoms with Gasteiger partial charge in [0.2, 0.25) is 0 Å². The van der Waals surface area contributed by atoms with E-state index in [1.807, 2.05) is 0 Å². The van der Waals surface area contributed by atoms with Gasteiger partial charge in [-0.05, 0) is 51.4 Å². The summed E-state index contributed by atoms with van der Waals surface area (Å²) >= 11 is 0. The summed E-state index contributed by atoms with van der Waals surface area (Å²) in [5, 5.41) is 0. The van der Waals surface area contributed by atoms with Crippen LogP contribution in [0.5, 0.6) is 0 Å². The summed E-state index contributed by atoms with van der Waals surface area (Å²) in [6.45, 7) is 3.70. The largest absolute Gasteiger partial charge is 0.472 e. The molecule has 0 saturated carbocycles. The fourth-order valence-electron chi connectivity index (χ4n) is 11.3. The first-order chi connectivity index (χ1) is 41.8. The normalized spacial score (nSPS) is 13.1. The molecule has 0 aromatic rings. The van der Waals surface area contributed by atoms with E-state index in [1.54, 1.807) is 0 Å². The second-order valence-electron chi connectivity index (χ2n) is 25.1. The van der Waals surface area contributed by atoms with Crippen molar-refractivity contribution < 1.29 is 37.6 Å². The summed E-state index contributed by atoms with van der Waals surface area (Å²) < 4.78 is 33.2. The first-order valence-corrected chi connectivity index (χ1v) is 38.6. The number of nitrogens with two attached hydrogens (primary N) is 1. The molecule has 0 heterocycles. The molecule has 0 bridgehead atoms. The molecule has 0 aliphatic carbocycles. The molecule has 0 aliphatic rings. The molecule has 85 heavy (non-hydrogen) atoms. The van der Waals surface area contributed by atoms with Gasteiger partial charge in [0, 0.05) is 19.4 Å². The van der Waals surface area contributed by atoms with Crippen molar-refractivity contribution in [2.24, 2.45) is 5.73 Å². The minimum atomic E-state index is -4.39. The minimum Gasteiger partial charge on any atom is -0.462 e. The Kier molecular flexibility index (Phi) is 69.4. The number of hydrogen-bond acceptors (Lipinski definition) is 8. The number of hydrogen-bond donors (Lipinski definition) is 2. The number of unbranched alkanes of at least 4 members (excludes halogenated alkanes) is 50. The van der Waals surface area contributed by atoms with E-state index in [2.05, 4.69) is 62.5 Å². The Morgan fingerprint density at radius 3 is 0.965 bits per heavy atom. The van der Waals surface area contributed by atoms with Gasteiger partial charge in [0.05, 0.1) is 13.2 Å². The van der Waals surface area contributed by atoms with Gasteiger partial charge in [-0.2, -0.15) is 0 Å². The summed E-state index contributed by atoms with van der Waals surface area (Å²) in [7, 11) is -4.39. The van der Waals surface area contributed by atoms with Gasteiger partial charge < -0.3 is 20.1 Å². The van der Waals surface area contributed by atoms with Crippen LogP contribution >= 0.6 is 7.82 Å². The van der Waals surface area contributed by atoms with E-state index in [1.165, 1.54) is 289 Å². The average Bonchev–Trinajstić information content (AvgIpc) is 3.52. The fourth-order valence-corrected chi connectivity index (χ4v) is 12.0. The first kappa shape index (κ1) is 83.0. The summed E-state index contributed by atoms with van der Waals surface area (Å²) in [6.07, 6.45) is 91.0. The van der Waals surface area contributed by atoms with Crippen LogP contribution in [0.4, 0.5) is 0 Å². The second kappa shape index (κ2) is 71.1. The molecule has 0 radical (unpaired) electrons. The van der Waals surface area contributed by atoms with Crippen LogP contribution in [0, 0.1) is 0 Å². The van der Waals surface area contributed by atoms with Crippen molar-refractivity contribution in [2.75, 3.05) is 26.4 Å². The predicted octanol–water partition coefficient (Wildman–Crippen LogP) is 24.4. The molecule has 0 saturated heterocycles. The van der Waals surface area contributed by atoms with Crippen LogP contribution in [0.1, 0.15) is 386 Å². The standard InChI is InChI=1S/C75H142NO8P/c1-3-5-7-9-11-13-15-17-19-21-23-25-27-29-30-31-32-33-34-35-36-37-38-39-40-41-42-44-45-47-49-51-53-55-57-59-61-63-65-67-74(77)81-71-73(72-83-85(79,80)82-70-69-76)84-75(78)68-66-64-62-60-58-56-54-52-50-48-46-43-28-26-24-22-20-18-16-14-12-10-8-6-4-2/h6,8,12,14,18,20,24,26,73H,3-5,7,9-11,13,15-17,19,21-23,25,27-72,76H2,1-2H3,(H,79,80)/b8-6-,14-12-,20-18-,26-24-. The van der Waals surface area contributed by atoms with E-state index in [-0.39, 0.29) is 38.6 Å². The monoisotopic (exact) mass is 1220 g/mol. The molecule has 0 aromatic carbocycles. The minimum absolute atomic E-state index is 0.0539. The van der Waals surface area contributed by atoms with Gasteiger partial charge in [-0.25, -0.2) is 4.57 Å². The lowest BCUT2D eigenvalue weighted by Crippen LogP contribution is -2.29. The third kappa shape index (κ3) is 70.9. The van der Waals surface area contributed by atoms with Crippen molar-refractivity contribution in [2.45, 2.75) is 392 Å². The van der Waals surface area contributed by atoms with Crippen molar-refractivity contribution in [1.29, 1.82) is 0 Å². The highest BCUT2D eigenvalue weighted by Crippen LogP contribution is 2.43. The van der Waals surface area contributed by atoms with Crippen LogP contribution in [0.2, 0.25) is 0 Å². The molecule has 2 unspecified atom stereocenters. The lowest BCUT2D eigenvalue weighted by molar-refractivity contribution is -0.161. The van der Waals surface area contributed by atoms with E-state index in [0.29, 0.717) is 6.42 Å². The Bertz CT molecular complexity index is 1530. The number of phosphoric acid groups is 1. The fraction of sp³-hybridized carbons (Fsp3) is 0.867. The van der Waals surface area contributed by atoms with Gasteiger partial charge in [0.1, 0.15) is 6.61 Å². The zero-order valence-electron chi connectivity index (χ0n) is 56.4. The quantitative estimate of drug-likeness (QED) is 0.0264. The zero-order valence-corrected chi connectivity index (χ0v) is 57.3. The number of ether oxygens (including phenoxy) is 2. The summed E-state index contributed by atoms with van der Waals surface area (Å²) in [5.74, 6) is -0.812. The molecular formula is C75H142NO8P. The van der Waals surface area contributed by atoms with Crippen molar-refractivity contribution in [3.8, 4) is 0 Å². The lowest BCUT2D eigenvalue weighted by Gasteiger charge is -2.19. The van der Waals surface area contributed by atoms with Crippen molar-refractivity contribution in [3.63, 3.8) is 0 Å². The Balaban J connectivity index is 3.75. The molecule has 10 heteroatoms. The molecule has 3 N–H and O–H groups in total. The first-order valence-electron chi connectivity index (χ1n) is 37.1. The smallest absolute Gasteiger partial charge is 0.462 e. The predicted molar refractivity (Wildman–Crippen MR) is 367 cm³/mol. The highest BCUT2D eigenvalue weighted by molar-refractivity contribution is 7.47. The maximum absolute atomic E-state index is 12.8. The highest BCUT2D eigenvalue weighted by Gasteiger charge is 2.26. The van der Waals surface area contributed by atoms with E-state index in [0.717, 1.165) is 64.2 Å². The van der Waals surface area contributed by atoms with E-state index < -0.39 is 26.5 Å². The molecule has 2 atom stereocenters. The molecule has 0 spiro atoms. The molecular weight excluding hydrogens is 1070 g/mol. The number of carbonyl (C=O) groups excluding carboxylic acids is 2. The third-order valence-electron chi connectivity index (χ3n) is 16.7. The van der Waals surface area contributed by atoms with Gasteiger partial charge in [-0.15, -0.1) is 0 Å².